The quantitative estimate of drug-likeness (QED) is 0.483. The third-order valence-electron chi connectivity index (χ3n) is 4.89. The Kier molecular flexibility index (Phi) is 4.17. The van der Waals surface area contributed by atoms with Gasteiger partial charge in [-0.2, -0.15) is 10.2 Å². The second kappa shape index (κ2) is 7.00. The van der Waals surface area contributed by atoms with E-state index in [0.29, 0.717) is 22.7 Å². The molecule has 0 saturated heterocycles. The summed E-state index contributed by atoms with van der Waals surface area (Å²) in [6, 6.07) is 19.1. The number of para-hydroxylation sites is 2. The van der Waals surface area contributed by atoms with Crippen molar-refractivity contribution in [3.63, 3.8) is 0 Å². The largest absolute Gasteiger partial charge is 0.337 e. The van der Waals surface area contributed by atoms with E-state index in [1.807, 2.05) is 66.2 Å². The van der Waals surface area contributed by atoms with E-state index in [2.05, 4.69) is 20.5 Å². The molecule has 0 aliphatic heterocycles. The minimum atomic E-state index is -0.238. The predicted octanol–water partition coefficient (Wildman–Crippen LogP) is 3.71. The first kappa shape index (κ1) is 17.9. The van der Waals surface area contributed by atoms with Crippen LogP contribution < -0.4 is 5.32 Å². The third-order valence-corrected chi connectivity index (χ3v) is 4.89. The van der Waals surface area contributed by atoms with Crippen LogP contribution in [-0.2, 0) is 7.05 Å². The molecule has 0 spiro atoms. The molecule has 8 heteroatoms. The summed E-state index contributed by atoms with van der Waals surface area (Å²) in [4.78, 5) is 21.0. The number of imidazole rings is 1. The van der Waals surface area contributed by atoms with Crippen molar-refractivity contribution < 1.29 is 4.79 Å². The molecular formula is C22H19N7O. The molecule has 3 heterocycles. The van der Waals surface area contributed by atoms with E-state index in [4.69, 9.17) is 4.98 Å². The van der Waals surface area contributed by atoms with E-state index in [9.17, 15) is 4.79 Å². The maximum Gasteiger partial charge on any atom is 0.259 e. The Bertz CT molecular complexity index is 1360. The minimum Gasteiger partial charge on any atom is -0.337 e. The number of fused-ring (bicyclic) bond motifs is 1. The number of carbonyl (C=O) groups excluding carboxylic acids is 1. The molecule has 5 aromatic rings. The molecule has 0 radical (unpaired) electrons. The van der Waals surface area contributed by atoms with Crippen molar-refractivity contribution in [2.45, 2.75) is 6.92 Å². The Labute approximate surface area is 172 Å². The second-order valence-electron chi connectivity index (χ2n) is 7.00. The summed E-state index contributed by atoms with van der Waals surface area (Å²) in [5.41, 5.74) is 4.44. The number of anilines is 1. The van der Waals surface area contributed by atoms with Gasteiger partial charge in [0.1, 0.15) is 17.0 Å². The van der Waals surface area contributed by atoms with Crippen LogP contribution in [0.25, 0.3) is 28.2 Å². The van der Waals surface area contributed by atoms with Crippen LogP contribution in [0.1, 0.15) is 16.1 Å². The molecule has 2 N–H and O–H groups in total. The van der Waals surface area contributed by atoms with Crippen LogP contribution in [0.5, 0.6) is 0 Å². The van der Waals surface area contributed by atoms with E-state index in [1.54, 1.807) is 24.0 Å². The number of nitrogens with zero attached hydrogens (tertiary/aromatic N) is 5. The van der Waals surface area contributed by atoms with Crippen molar-refractivity contribution in [1.82, 2.24) is 29.5 Å². The van der Waals surface area contributed by atoms with Crippen LogP contribution in [0.4, 0.5) is 5.82 Å². The molecule has 0 bridgehead atoms. The van der Waals surface area contributed by atoms with Gasteiger partial charge in [-0.15, -0.1) is 0 Å². The Morgan fingerprint density at radius 1 is 1.07 bits per heavy atom. The zero-order chi connectivity index (χ0) is 20.7. The van der Waals surface area contributed by atoms with Gasteiger partial charge in [0.05, 0.1) is 28.7 Å². The van der Waals surface area contributed by atoms with Crippen molar-refractivity contribution in [3.8, 4) is 17.2 Å². The van der Waals surface area contributed by atoms with Crippen molar-refractivity contribution in [2.24, 2.45) is 7.05 Å². The molecule has 30 heavy (non-hydrogen) atoms. The summed E-state index contributed by atoms with van der Waals surface area (Å²) in [6.07, 6.45) is 1.73. The van der Waals surface area contributed by atoms with Gasteiger partial charge in [0.15, 0.2) is 5.82 Å². The molecule has 0 atom stereocenters. The molecule has 8 nitrogen and oxygen atoms in total. The van der Waals surface area contributed by atoms with Gasteiger partial charge in [0.25, 0.3) is 5.91 Å². The molecule has 1 amide bonds. The number of H-pyrrole nitrogens is 1. The Balaban J connectivity index is 1.55. The average Bonchev–Trinajstić information content (AvgIpc) is 3.46. The van der Waals surface area contributed by atoms with Crippen LogP contribution in [-0.4, -0.2) is 35.4 Å². The highest BCUT2D eigenvalue weighted by atomic mass is 16.1. The number of rotatable bonds is 4. The summed E-state index contributed by atoms with van der Waals surface area (Å²) < 4.78 is 3.46. The molecule has 5 rings (SSSR count). The van der Waals surface area contributed by atoms with E-state index >= 15 is 0 Å². The standard InChI is InChI=1S/C22H19N7O/c1-14-13-19(28(2)27-14)25-22(30)16-9-6-10-17-20(16)26-21(24-17)18-11-12-23-29(18)15-7-4-3-5-8-15/h3-13H,1-2H3,(H,24,26)(H,25,30). The summed E-state index contributed by atoms with van der Waals surface area (Å²) in [7, 11) is 1.79. The molecule has 3 aromatic heterocycles. The zero-order valence-corrected chi connectivity index (χ0v) is 16.5. The first-order valence-corrected chi connectivity index (χ1v) is 9.51. The fraction of sp³-hybridized carbons (Fsp3) is 0.0909. The van der Waals surface area contributed by atoms with Crippen molar-refractivity contribution in [3.05, 3.63) is 78.1 Å². The summed E-state index contributed by atoms with van der Waals surface area (Å²) >= 11 is 0. The molecule has 148 valence electrons. The highest BCUT2D eigenvalue weighted by Gasteiger charge is 2.18. The van der Waals surface area contributed by atoms with Crippen molar-refractivity contribution in [1.29, 1.82) is 0 Å². The van der Waals surface area contributed by atoms with E-state index in [0.717, 1.165) is 22.6 Å². The highest BCUT2D eigenvalue weighted by Crippen LogP contribution is 2.25. The lowest BCUT2D eigenvalue weighted by Crippen LogP contribution is -2.15. The van der Waals surface area contributed by atoms with Gasteiger partial charge in [0.2, 0.25) is 0 Å². The number of hydrogen-bond acceptors (Lipinski definition) is 4. The van der Waals surface area contributed by atoms with Gasteiger partial charge < -0.3 is 10.3 Å². The van der Waals surface area contributed by atoms with E-state index in [-0.39, 0.29) is 5.91 Å². The van der Waals surface area contributed by atoms with Crippen LogP contribution in [0.15, 0.2) is 66.9 Å². The molecule has 2 aromatic carbocycles. The lowest BCUT2D eigenvalue weighted by atomic mass is 10.1. The number of benzene rings is 2. The molecule has 0 aliphatic carbocycles. The first-order valence-electron chi connectivity index (χ1n) is 9.51. The number of nitrogens with one attached hydrogen (secondary N) is 2. The normalized spacial score (nSPS) is 11.1. The lowest BCUT2D eigenvalue weighted by molar-refractivity contribution is 0.102. The van der Waals surface area contributed by atoms with Crippen molar-refractivity contribution >= 4 is 22.8 Å². The number of amides is 1. The molecule has 0 unspecified atom stereocenters. The van der Waals surface area contributed by atoms with Crippen LogP contribution in [0.3, 0.4) is 0 Å². The lowest BCUT2D eigenvalue weighted by Gasteiger charge is -2.05. The molecular weight excluding hydrogens is 378 g/mol. The van der Waals surface area contributed by atoms with Gasteiger partial charge in [-0.05, 0) is 37.3 Å². The molecule has 0 saturated carbocycles. The van der Waals surface area contributed by atoms with Gasteiger partial charge in [0, 0.05) is 13.1 Å². The van der Waals surface area contributed by atoms with Gasteiger partial charge >= 0.3 is 0 Å². The predicted molar refractivity (Wildman–Crippen MR) is 115 cm³/mol. The number of carbonyl (C=O) groups is 1. The minimum absolute atomic E-state index is 0.238. The summed E-state index contributed by atoms with van der Waals surface area (Å²) in [5, 5.41) is 11.6. The monoisotopic (exact) mass is 397 g/mol. The smallest absolute Gasteiger partial charge is 0.259 e. The van der Waals surface area contributed by atoms with Crippen LogP contribution >= 0.6 is 0 Å². The number of aromatic nitrogens is 6. The average molecular weight is 397 g/mol. The SMILES string of the molecule is Cc1cc(NC(=O)c2cccc3[nH]c(-c4ccnn4-c4ccccc4)nc23)n(C)n1. The van der Waals surface area contributed by atoms with E-state index < -0.39 is 0 Å². The molecule has 0 aliphatic rings. The van der Waals surface area contributed by atoms with Gasteiger partial charge in [-0.25, -0.2) is 9.67 Å². The topological polar surface area (TPSA) is 93.4 Å². The fourth-order valence-corrected chi connectivity index (χ4v) is 3.51. The number of aromatic amines is 1. The Morgan fingerprint density at radius 2 is 1.90 bits per heavy atom. The van der Waals surface area contributed by atoms with Crippen molar-refractivity contribution in [2.75, 3.05) is 5.32 Å². The number of hydrogen-bond donors (Lipinski definition) is 2. The van der Waals surface area contributed by atoms with E-state index in [1.165, 1.54) is 0 Å². The maximum atomic E-state index is 13.0. The first-order chi connectivity index (χ1) is 14.6. The number of aryl methyl sites for hydroxylation is 2. The third kappa shape index (κ3) is 3.04. The highest BCUT2D eigenvalue weighted by molar-refractivity contribution is 6.11. The summed E-state index contributed by atoms with van der Waals surface area (Å²) in [6.45, 7) is 1.88. The molecule has 0 fully saturated rings. The van der Waals surface area contributed by atoms with Gasteiger partial charge in [-0.3, -0.25) is 9.48 Å². The zero-order valence-electron chi connectivity index (χ0n) is 16.5. The Hall–Kier alpha value is -4.20. The summed E-state index contributed by atoms with van der Waals surface area (Å²) in [5.74, 6) is 1.04. The van der Waals surface area contributed by atoms with Crippen LogP contribution in [0.2, 0.25) is 0 Å². The van der Waals surface area contributed by atoms with Crippen LogP contribution in [0, 0.1) is 6.92 Å². The Morgan fingerprint density at radius 3 is 2.67 bits per heavy atom. The second-order valence-corrected chi connectivity index (χ2v) is 7.00. The van der Waals surface area contributed by atoms with Gasteiger partial charge in [-0.1, -0.05) is 24.3 Å². The fourth-order valence-electron chi connectivity index (χ4n) is 3.51. The maximum absolute atomic E-state index is 13.0.